The number of rotatable bonds is 5. The maximum atomic E-state index is 14.4. The van der Waals surface area contributed by atoms with Gasteiger partial charge in [-0.3, -0.25) is 0 Å². The van der Waals surface area contributed by atoms with Gasteiger partial charge in [0, 0.05) is 12.1 Å². The van der Waals surface area contributed by atoms with E-state index in [4.69, 9.17) is 21.4 Å². The summed E-state index contributed by atoms with van der Waals surface area (Å²) in [5.41, 5.74) is -1.56. The first-order valence-corrected chi connectivity index (χ1v) is 8.65. The molecule has 0 radical (unpaired) electrons. The minimum Gasteiger partial charge on any atom is -0.478 e. The van der Waals surface area contributed by atoms with Gasteiger partial charge in [0.1, 0.15) is 5.82 Å². The van der Waals surface area contributed by atoms with Crippen molar-refractivity contribution in [1.82, 2.24) is 14.8 Å². The number of ether oxygens (including phenoxy) is 1. The molecule has 0 aliphatic carbocycles. The van der Waals surface area contributed by atoms with E-state index in [1.54, 1.807) is 0 Å². The third-order valence-corrected chi connectivity index (χ3v) is 4.41. The first kappa shape index (κ1) is 20.7. The lowest BCUT2D eigenvalue weighted by Gasteiger charge is -2.26. The standard InChI is InChI=1S/C19H15ClF3N3O3/c1-19(2,29-15-13(22)7-10(20)8-14(15)23)18-25-24-16(26(18)3)11-5-4-9(17(27)28)6-12(11)21/h4-8H,1-3H3,(H,27,28). The molecule has 0 unspecified atom stereocenters. The first-order valence-electron chi connectivity index (χ1n) is 8.28. The van der Waals surface area contributed by atoms with E-state index in [9.17, 15) is 18.0 Å². The normalized spacial score (nSPS) is 11.6. The third kappa shape index (κ3) is 3.91. The Bertz CT molecular complexity index is 1090. The van der Waals surface area contributed by atoms with Crippen molar-refractivity contribution < 1.29 is 27.8 Å². The Hall–Kier alpha value is -3.07. The van der Waals surface area contributed by atoms with Gasteiger partial charge in [-0.1, -0.05) is 11.6 Å². The summed E-state index contributed by atoms with van der Waals surface area (Å²) >= 11 is 5.62. The van der Waals surface area contributed by atoms with E-state index >= 15 is 0 Å². The van der Waals surface area contributed by atoms with Crippen LogP contribution in [0, 0.1) is 17.5 Å². The number of benzene rings is 2. The van der Waals surface area contributed by atoms with Crippen molar-refractivity contribution in [1.29, 1.82) is 0 Å². The van der Waals surface area contributed by atoms with Crippen LogP contribution in [0.1, 0.15) is 30.0 Å². The van der Waals surface area contributed by atoms with Crippen LogP contribution in [0.4, 0.5) is 13.2 Å². The Morgan fingerprint density at radius 3 is 2.28 bits per heavy atom. The summed E-state index contributed by atoms with van der Waals surface area (Å²) in [4.78, 5) is 11.0. The molecule has 10 heteroatoms. The molecule has 1 N–H and O–H groups in total. The molecular weight excluding hydrogens is 411 g/mol. The van der Waals surface area contributed by atoms with Crippen LogP contribution in [0.3, 0.4) is 0 Å². The molecule has 0 aliphatic heterocycles. The summed E-state index contributed by atoms with van der Waals surface area (Å²) in [6, 6.07) is 5.19. The van der Waals surface area contributed by atoms with Crippen molar-refractivity contribution in [2.24, 2.45) is 7.05 Å². The average Bonchev–Trinajstić information content (AvgIpc) is 3.00. The molecule has 1 aromatic heterocycles. The average molecular weight is 426 g/mol. The van der Waals surface area contributed by atoms with Crippen LogP contribution in [-0.4, -0.2) is 25.8 Å². The number of aromatic carboxylic acids is 1. The van der Waals surface area contributed by atoms with Gasteiger partial charge in [-0.25, -0.2) is 18.0 Å². The van der Waals surface area contributed by atoms with E-state index in [0.717, 1.165) is 18.2 Å². The second-order valence-electron chi connectivity index (χ2n) is 6.72. The van der Waals surface area contributed by atoms with Gasteiger partial charge in [0.2, 0.25) is 0 Å². The van der Waals surface area contributed by atoms with Crippen molar-refractivity contribution in [2.75, 3.05) is 0 Å². The third-order valence-electron chi connectivity index (χ3n) is 4.19. The second-order valence-corrected chi connectivity index (χ2v) is 7.15. The number of carbonyl (C=O) groups is 1. The summed E-state index contributed by atoms with van der Waals surface area (Å²) in [6.07, 6.45) is 0. The van der Waals surface area contributed by atoms with Gasteiger partial charge in [-0.05, 0) is 44.2 Å². The summed E-state index contributed by atoms with van der Waals surface area (Å²) in [7, 11) is 1.52. The fraction of sp³-hybridized carbons (Fsp3) is 0.211. The van der Waals surface area contributed by atoms with Crippen LogP contribution in [0.2, 0.25) is 5.02 Å². The Morgan fingerprint density at radius 1 is 1.10 bits per heavy atom. The molecule has 0 atom stereocenters. The lowest BCUT2D eigenvalue weighted by molar-refractivity contribution is 0.0696. The van der Waals surface area contributed by atoms with Crippen LogP contribution < -0.4 is 4.74 Å². The number of carboxylic acids is 1. The summed E-state index contributed by atoms with van der Waals surface area (Å²) in [5, 5.41) is 16.7. The zero-order valence-electron chi connectivity index (χ0n) is 15.5. The van der Waals surface area contributed by atoms with Crippen molar-refractivity contribution >= 4 is 17.6 Å². The van der Waals surface area contributed by atoms with Gasteiger partial charge >= 0.3 is 5.97 Å². The first-order chi connectivity index (χ1) is 13.5. The van der Waals surface area contributed by atoms with E-state index in [0.29, 0.717) is 0 Å². The highest BCUT2D eigenvalue weighted by atomic mass is 35.5. The highest BCUT2D eigenvalue weighted by Gasteiger charge is 2.32. The van der Waals surface area contributed by atoms with Crippen LogP contribution in [0.25, 0.3) is 11.4 Å². The molecule has 0 fully saturated rings. The Morgan fingerprint density at radius 2 is 1.72 bits per heavy atom. The molecule has 0 spiro atoms. The lowest BCUT2D eigenvalue weighted by atomic mass is 10.1. The number of nitrogens with zero attached hydrogens (tertiary/aromatic N) is 3. The van der Waals surface area contributed by atoms with Gasteiger partial charge in [0.05, 0.1) is 11.1 Å². The van der Waals surface area contributed by atoms with E-state index < -0.39 is 34.8 Å². The van der Waals surface area contributed by atoms with Crippen LogP contribution in [0.5, 0.6) is 5.75 Å². The predicted molar refractivity (Wildman–Crippen MR) is 98.4 cm³/mol. The largest absolute Gasteiger partial charge is 0.478 e. The molecule has 0 saturated heterocycles. The summed E-state index contributed by atoms with van der Waals surface area (Å²) in [6.45, 7) is 3.02. The molecule has 0 bridgehead atoms. The molecule has 0 saturated carbocycles. The van der Waals surface area contributed by atoms with Crippen molar-refractivity contribution in [3.63, 3.8) is 0 Å². The fourth-order valence-electron chi connectivity index (χ4n) is 2.84. The maximum absolute atomic E-state index is 14.4. The zero-order valence-corrected chi connectivity index (χ0v) is 16.3. The van der Waals surface area contributed by atoms with Gasteiger partial charge in [-0.2, -0.15) is 0 Å². The molecular formula is C19H15ClF3N3O3. The number of halogens is 4. The molecule has 3 aromatic rings. The van der Waals surface area contributed by atoms with Crippen molar-refractivity contribution in [3.8, 4) is 17.1 Å². The highest BCUT2D eigenvalue weighted by molar-refractivity contribution is 6.30. The minimum absolute atomic E-state index is 0.0101. The molecule has 0 aliphatic rings. The molecule has 0 amide bonds. The Kier molecular flexibility index (Phi) is 5.27. The maximum Gasteiger partial charge on any atom is 0.335 e. The number of hydrogen-bond acceptors (Lipinski definition) is 4. The predicted octanol–water partition coefficient (Wildman–Crippen LogP) is 4.57. The molecule has 29 heavy (non-hydrogen) atoms. The van der Waals surface area contributed by atoms with E-state index in [-0.39, 0.29) is 27.8 Å². The van der Waals surface area contributed by atoms with Gasteiger partial charge in [0.25, 0.3) is 0 Å². The zero-order chi connectivity index (χ0) is 21.5. The van der Waals surface area contributed by atoms with E-state index in [2.05, 4.69) is 10.2 Å². The SMILES string of the molecule is Cn1c(-c2ccc(C(=O)O)cc2F)nnc1C(C)(C)Oc1c(F)cc(Cl)cc1F. The van der Waals surface area contributed by atoms with E-state index in [1.165, 1.54) is 37.6 Å². The van der Waals surface area contributed by atoms with Crippen LogP contribution in [0.15, 0.2) is 30.3 Å². The van der Waals surface area contributed by atoms with Gasteiger partial charge in [0.15, 0.2) is 34.6 Å². The second kappa shape index (κ2) is 7.40. The fourth-order valence-corrected chi connectivity index (χ4v) is 3.04. The molecule has 1 heterocycles. The van der Waals surface area contributed by atoms with Gasteiger partial charge in [-0.15, -0.1) is 10.2 Å². The number of hydrogen-bond donors (Lipinski definition) is 1. The quantitative estimate of drug-likeness (QED) is 0.648. The van der Waals surface area contributed by atoms with Crippen LogP contribution in [-0.2, 0) is 12.6 Å². The molecule has 3 rings (SSSR count). The number of aromatic nitrogens is 3. The molecule has 6 nitrogen and oxygen atoms in total. The Labute approximate surface area is 168 Å². The Balaban J connectivity index is 1.99. The van der Waals surface area contributed by atoms with Crippen molar-refractivity contribution in [2.45, 2.75) is 19.4 Å². The lowest BCUT2D eigenvalue weighted by Crippen LogP contribution is -2.30. The monoisotopic (exact) mass is 425 g/mol. The minimum atomic E-state index is -1.35. The van der Waals surface area contributed by atoms with E-state index in [1.807, 2.05) is 0 Å². The molecule has 152 valence electrons. The van der Waals surface area contributed by atoms with Gasteiger partial charge < -0.3 is 14.4 Å². The van der Waals surface area contributed by atoms with Crippen molar-refractivity contribution in [3.05, 3.63) is 64.2 Å². The van der Waals surface area contributed by atoms with Crippen LogP contribution >= 0.6 is 11.6 Å². The smallest absolute Gasteiger partial charge is 0.335 e. The molecule has 2 aromatic carbocycles. The number of carboxylic acid groups (broad SMARTS) is 1. The summed E-state index contributed by atoms with van der Waals surface area (Å²) < 4.78 is 49.5. The topological polar surface area (TPSA) is 77.2 Å². The summed E-state index contributed by atoms with van der Waals surface area (Å²) in [5.74, 6) is -4.44. The highest BCUT2D eigenvalue weighted by Crippen LogP contribution is 2.33.